The number of carboxylic acid groups (broad SMARTS) is 1. The highest BCUT2D eigenvalue weighted by Gasteiger charge is 2.11. The summed E-state index contributed by atoms with van der Waals surface area (Å²) in [6.07, 6.45) is 0.615. The summed E-state index contributed by atoms with van der Waals surface area (Å²) < 4.78 is 20.8. The van der Waals surface area contributed by atoms with Gasteiger partial charge in [0, 0.05) is 19.4 Å². The number of nitrogens with one attached hydrogen (secondary N) is 1. The van der Waals surface area contributed by atoms with Gasteiger partial charge in [0.1, 0.15) is 11.5 Å². The van der Waals surface area contributed by atoms with Crippen molar-refractivity contribution in [1.29, 1.82) is 0 Å². The first-order valence-electron chi connectivity index (χ1n) is 8.55. The van der Waals surface area contributed by atoms with Crippen LogP contribution in [0.4, 0.5) is 4.79 Å². The summed E-state index contributed by atoms with van der Waals surface area (Å²) in [5.74, 6) is -0.161. The Kier molecular flexibility index (Phi) is 10.8. The van der Waals surface area contributed by atoms with Crippen molar-refractivity contribution >= 4 is 34.0 Å². The fourth-order valence-electron chi connectivity index (χ4n) is 2.24. The molecule has 0 aliphatic rings. The van der Waals surface area contributed by atoms with Crippen LogP contribution in [0.25, 0.3) is 0 Å². The van der Waals surface area contributed by atoms with Gasteiger partial charge in [0.2, 0.25) is 6.79 Å². The number of hydrogen-bond acceptors (Lipinski definition) is 7. The van der Waals surface area contributed by atoms with Crippen LogP contribution in [0.15, 0.2) is 16.6 Å². The lowest BCUT2D eigenvalue weighted by molar-refractivity contribution is -0.152. The molecule has 1 aromatic carbocycles. The Morgan fingerprint density at radius 2 is 1.71 bits per heavy atom. The van der Waals surface area contributed by atoms with Crippen LogP contribution in [-0.4, -0.2) is 50.7 Å². The lowest BCUT2D eigenvalue weighted by Crippen LogP contribution is -2.27. The molecule has 156 valence electrons. The van der Waals surface area contributed by atoms with E-state index in [-0.39, 0.29) is 19.4 Å². The largest absolute Gasteiger partial charge is 0.496 e. The van der Waals surface area contributed by atoms with Crippen LogP contribution in [0, 0.1) is 0 Å². The van der Waals surface area contributed by atoms with E-state index in [1.165, 1.54) is 0 Å². The number of methoxy groups -OCH3 is 2. The second-order valence-electron chi connectivity index (χ2n) is 5.64. The van der Waals surface area contributed by atoms with Gasteiger partial charge in [0.05, 0.1) is 18.7 Å². The standard InChI is InChI=1S/C18H24BrNO8/c1-25-14-10-13(19)15(26-2)9-12(14)7-8-20-18(24)28-11-27-17(23)6-4-3-5-16(21)22/h9-10H,3-8,11H2,1-2H3,(H,20,24)(H,21,22). The van der Waals surface area contributed by atoms with E-state index in [0.29, 0.717) is 30.8 Å². The summed E-state index contributed by atoms with van der Waals surface area (Å²) in [6, 6.07) is 3.59. The Balaban J connectivity index is 2.27. The molecule has 0 aliphatic heterocycles. The number of alkyl carbamates (subject to hydrolysis) is 1. The highest BCUT2D eigenvalue weighted by atomic mass is 79.9. The van der Waals surface area contributed by atoms with Gasteiger partial charge in [-0.25, -0.2) is 4.79 Å². The Bertz CT molecular complexity index is 680. The van der Waals surface area contributed by atoms with Crippen molar-refractivity contribution in [2.24, 2.45) is 0 Å². The zero-order valence-corrected chi connectivity index (χ0v) is 17.4. The van der Waals surface area contributed by atoms with Crippen LogP contribution >= 0.6 is 15.9 Å². The number of carbonyl (C=O) groups excluding carboxylic acids is 2. The molecule has 0 unspecified atom stereocenters. The third-order valence-electron chi connectivity index (χ3n) is 3.65. The van der Waals surface area contributed by atoms with Gasteiger partial charge in [-0.2, -0.15) is 0 Å². The maximum Gasteiger partial charge on any atom is 0.410 e. The molecular weight excluding hydrogens is 438 g/mol. The SMILES string of the molecule is COc1cc(CCNC(=O)OCOC(=O)CCCCC(=O)O)c(OC)cc1Br. The molecule has 0 fully saturated rings. The van der Waals surface area contributed by atoms with Gasteiger partial charge in [-0.15, -0.1) is 0 Å². The summed E-state index contributed by atoms with van der Waals surface area (Å²) in [4.78, 5) is 33.4. The summed E-state index contributed by atoms with van der Waals surface area (Å²) in [6.45, 7) is -0.220. The molecule has 10 heteroatoms. The number of carbonyl (C=O) groups is 3. The molecule has 0 spiro atoms. The lowest BCUT2D eigenvalue weighted by Gasteiger charge is -2.13. The van der Waals surface area contributed by atoms with Crippen molar-refractivity contribution in [1.82, 2.24) is 5.32 Å². The topological polar surface area (TPSA) is 120 Å². The van der Waals surface area contributed by atoms with E-state index in [1.54, 1.807) is 20.3 Å². The number of rotatable bonds is 12. The Labute approximate surface area is 171 Å². The molecule has 2 N–H and O–H groups in total. The number of carboxylic acids is 1. The Morgan fingerprint density at radius 1 is 1.04 bits per heavy atom. The lowest BCUT2D eigenvalue weighted by atomic mass is 10.1. The quantitative estimate of drug-likeness (QED) is 0.277. The monoisotopic (exact) mass is 461 g/mol. The van der Waals surface area contributed by atoms with Crippen molar-refractivity contribution in [2.75, 3.05) is 27.6 Å². The summed E-state index contributed by atoms with van der Waals surface area (Å²) >= 11 is 3.38. The predicted octanol–water partition coefficient (Wildman–Crippen LogP) is 2.88. The van der Waals surface area contributed by atoms with E-state index in [9.17, 15) is 14.4 Å². The van der Waals surface area contributed by atoms with Gasteiger partial charge >= 0.3 is 18.0 Å². The molecule has 0 saturated carbocycles. The number of ether oxygens (including phenoxy) is 4. The first kappa shape index (κ1) is 23.5. The van der Waals surface area contributed by atoms with E-state index in [1.807, 2.05) is 6.07 Å². The van der Waals surface area contributed by atoms with E-state index in [2.05, 4.69) is 21.2 Å². The average molecular weight is 462 g/mol. The molecule has 0 aliphatic carbocycles. The zero-order chi connectivity index (χ0) is 20.9. The van der Waals surface area contributed by atoms with Gasteiger partial charge in [-0.3, -0.25) is 9.59 Å². The minimum absolute atomic E-state index is 0.00120. The number of benzene rings is 1. The third-order valence-corrected chi connectivity index (χ3v) is 4.27. The molecule has 28 heavy (non-hydrogen) atoms. The zero-order valence-electron chi connectivity index (χ0n) is 15.8. The highest BCUT2D eigenvalue weighted by Crippen LogP contribution is 2.32. The van der Waals surface area contributed by atoms with Crippen LogP contribution in [0.3, 0.4) is 0 Å². The minimum atomic E-state index is -0.910. The van der Waals surface area contributed by atoms with Crippen molar-refractivity contribution in [2.45, 2.75) is 32.1 Å². The molecule has 0 saturated heterocycles. The van der Waals surface area contributed by atoms with Crippen LogP contribution in [0.5, 0.6) is 11.5 Å². The van der Waals surface area contributed by atoms with Crippen LogP contribution in [-0.2, 0) is 25.5 Å². The second-order valence-corrected chi connectivity index (χ2v) is 6.50. The Hall–Kier alpha value is -2.49. The fourth-order valence-corrected chi connectivity index (χ4v) is 2.72. The maximum absolute atomic E-state index is 11.6. The molecule has 1 amide bonds. The first-order chi connectivity index (χ1) is 13.4. The highest BCUT2D eigenvalue weighted by molar-refractivity contribution is 9.10. The van der Waals surface area contributed by atoms with Crippen LogP contribution in [0.2, 0.25) is 0 Å². The maximum atomic E-state index is 11.6. The first-order valence-corrected chi connectivity index (χ1v) is 9.35. The van der Waals surface area contributed by atoms with Gasteiger partial charge < -0.3 is 29.4 Å². The van der Waals surface area contributed by atoms with E-state index >= 15 is 0 Å². The molecule has 0 atom stereocenters. The number of aliphatic carboxylic acids is 1. The van der Waals surface area contributed by atoms with Crippen molar-refractivity contribution in [3.8, 4) is 11.5 Å². The molecule has 9 nitrogen and oxygen atoms in total. The normalized spacial score (nSPS) is 10.1. The average Bonchev–Trinajstić information content (AvgIpc) is 2.65. The Morgan fingerprint density at radius 3 is 2.36 bits per heavy atom. The summed E-state index contributed by atoms with van der Waals surface area (Å²) in [5, 5.41) is 11.0. The van der Waals surface area contributed by atoms with Crippen molar-refractivity contribution in [3.63, 3.8) is 0 Å². The third kappa shape index (κ3) is 8.94. The van der Waals surface area contributed by atoms with E-state index in [0.717, 1.165) is 10.0 Å². The van der Waals surface area contributed by atoms with Crippen molar-refractivity contribution < 1.29 is 38.4 Å². The van der Waals surface area contributed by atoms with Crippen LogP contribution < -0.4 is 14.8 Å². The number of halogens is 1. The molecular formula is C18H24BrNO8. The second kappa shape index (κ2) is 12.8. The van der Waals surface area contributed by atoms with Gasteiger partial charge in [-0.1, -0.05) is 0 Å². The minimum Gasteiger partial charge on any atom is -0.496 e. The van der Waals surface area contributed by atoms with Gasteiger partial charge in [-0.05, 0) is 52.9 Å². The fraction of sp³-hybridized carbons (Fsp3) is 0.500. The molecule has 1 aromatic rings. The van der Waals surface area contributed by atoms with Crippen LogP contribution in [0.1, 0.15) is 31.2 Å². The van der Waals surface area contributed by atoms with E-state index < -0.39 is 24.8 Å². The molecule has 0 heterocycles. The van der Waals surface area contributed by atoms with Gasteiger partial charge in [0.25, 0.3) is 0 Å². The molecule has 0 aromatic heterocycles. The summed E-state index contributed by atoms with van der Waals surface area (Å²) in [7, 11) is 3.11. The molecule has 1 rings (SSSR count). The van der Waals surface area contributed by atoms with Gasteiger partial charge in [0.15, 0.2) is 0 Å². The molecule has 0 bridgehead atoms. The summed E-state index contributed by atoms with van der Waals surface area (Å²) in [5.41, 5.74) is 0.843. The molecule has 0 radical (unpaired) electrons. The number of unbranched alkanes of at least 4 members (excludes halogenated alkanes) is 1. The number of amides is 1. The smallest absolute Gasteiger partial charge is 0.410 e. The van der Waals surface area contributed by atoms with Crippen molar-refractivity contribution in [3.05, 3.63) is 22.2 Å². The van der Waals surface area contributed by atoms with E-state index in [4.69, 9.17) is 24.1 Å². The predicted molar refractivity (Wildman–Crippen MR) is 102 cm³/mol. The number of hydrogen-bond donors (Lipinski definition) is 2. The number of esters is 1.